The van der Waals surface area contributed by atoms with E-state index in [9.17, 15) is 18.0 Å². The van der Waals surface area contributed by atoms with Crippen molar-refractivity contribution >= 4 is 21.1 Å². The van der Waals surface area contributed by atoms with E-state index in [4.69, 9.17) is 4.42 Å². The molecule has 9 nitrogen and oxygen atoms in total. The molecule has 1 aliphatic heterocycles. The predicted octanol–water partition coefficient (Wildman–Crippen LogP) is 1.66. The van der Waals surface area contributed by atoms with Gasteiger partial charge >= 0.3 is 5.76 Å². The average molecular weight is 430 g/mol. The van der Waals surface area contributed by atoms with Crippen molar-refractivity contribution in [3.05, 3.63) is 56.9 Å². The molecule has 1 saturated carbocycles. The quantitative estimate of drug-likeness (QED) is 0.658. The Bertz CT molecular complexity index is 1310. The molecule has 2 fully saturated rings. The SMILES string of the molecule is O=c1[nH]c2cc(S(=O)(=O)N3CCC(Cn4nc(C5CC5)ccc4=O)CC3)ccc2o1. The van der Waals surface area contributed by atoms with E-state index in [2.05, 4.69) is 10.1 Å². The van der Waals surface area contributed by atoms with Crippen LogP contribution in [0.3, 0.4) is 0 Å². The number of hydrogen-bond acceptors (Lipinski definition) is 6. The summed E-state index contributed by atoms with van der Waals surface area (Å²) >= 11 is 0. The lowest BCUT2D eigenvalue weighted by atomic mass is 9.98. The fourth-order valence-corrected chi connectivity index (χ4v) is 5.51. The Hall–Kier alpha value is -2.72. The molecule has 0 amide bonds. The van der Waals surface area contributed by atoms with E-state index in [1.807, 2.05) is 6.07 Å². The highest BCUT2D eigenvalue weighted by molar-refractivity contribution is 7.89. The van der Waals surface area contributed by atoms with Gasteiger partial charge in [-0.1, -0.05) is 0 Å². The van der Waals surface area contributed by atoms with Crippen LogP contribution in [-0.4, -0.2) is 40.6 Å². The number of hydrogen-bond donors (Lipinski definition) is 1. The number of piperidine rings is 1. The van der Waals surface area contributed by atoms with E-state index >= 15 is 0 Å². The van der Waals surface area contributed by atoms with Crippen LogP contribution in [0.15, 0.2) is 49.2 Å². The molecule has 3 heterocycles. The van der Waals surface area contributed by atoms with Crippen LogP contribution in [0.1, 0.15) is 37.3 Å². The van der Waals surface area contributed by atoms with Gasteiger partial charge < -0.3 is 4.42 Å². The van der Waals surface area contributed by atoms with Gasteiger partial charge in [0.05, 0.1) is 16.1 Å². The first kappa shape index (κ1) is 19.3. The van der Waals surface area contributed by atoms with Gasteiger partial charge in [0, 0.05) is 31.6 Å². The lowest BCUT2D eigenvalue weighted by molar-refractivity contribution is 0.244. The fraction of sp³-hybridized carbons (Fsp3) is 0.450. The minimum Gasteiger partial charge on any atom is -0.408 e. The van der Waals surface area contributed by atoms with E-state index in [0.717, 1.165) is 18.5 Å². The highest BCUT2D eigenvalue weighted by atomic mass is 32.2. The average Bonchev–Trinajstić information content (AvgIpc) is 3.50. The third-order valence-corrected chi connectivity index (χ3v) is 7.81. The minimum absolute atomic E-state index is 0.114. The van der Waals surface area contributed by atoms with Crippen molar-refractivity contribution in [1.29, 1.82) is 0 Å². The Morgan fingerprint density at radius 2 is 1.83 bits per heavy atom. The second-order valence-electron chi connectivity index (χ2n) is 8.07. The molecule has 1 N–H and O–H groups in total. The Kier molecular flexibility index (Phi) is 4.62. The van der Waals surface area contributed by atoms with Crippen molar-refractivity contribution in [3.63, 3.8) is 0 Å². The number of aromatic amines is 1. The normalized spacial score (nSPS) is 18.8. The molecular formula is C20H22N4O5S. The molecule has 10 heteroatoms. The third-order valence-electron chi connectivity index (χ3n) is 5.92. The molecule has 2 aliphatic rings. The maximum atomic E-state index is 13.0. The minimum atomic E-state index is -3.67. The van der Waals surface area contributed by atoms with E-state index in [1.165, 1.54) is 27.2 Å². The van der Waals surface area contributed by atoms with E-state index in [0.29, 0.717) is 49.5 Å². The van der Waals surface area contributed by atoms with Gasteiger partial charge in [-0.15, -0.1) is 0 Å². The van der Waals surface area contributed by atoms with Crippen LogP contribution >= 0.6 is 0 Å². The van der Waals surface area contributed by atoms with Crippen LogP contribution in [0, 0.1) is 5.92 Å². The smallest absolute Gasteiger partial charge is 0.408 e. The fourth-order valence-electron chi connectivity index (χ4n) is 4.01. The van der Waals surface area contributed by atoms with Crippen LogP contribution in [0.5, 0.6) is 0 Å². The number of H-pyrrole nitrogens is 1. The van der Waals surface area contributed by atoms with Crippen LogP contribution in [0.2, 0.25) is 0 Å². The first-order chi connectivity index (χ1) is 14.4. The predicted molar refractivity (Wildman–Crippen MR) is 109 cm³/mol. The summed E-state index contributed by atoms with van der Waals surface area (Å²) in [6.45, 7) is 1.27. The highest BCUT2D eigenvalue weighted by Crippen LogP contribution is 2.38. The van der Waals surface area contributed by atoms with Gasteiger partial charge in [-0.25, -0.2) is 17.9 Å². The zero-order chi connectivity index (χ0) is 20.9. The number of aromatic nitrogens is 3. The number of fused-ring (bicyclic) bond motifs is 1. The summed E-state index contributed by atoms with van der Waals surface area (Å²) in [6.07, 6.45) is 3.57. The summed E-state index contributed by atoms with van der Waals surface area (Å²) < 4.78 is 34.0. The van der Waals surface area contributed by atoms with Gasteiger partial charge in [0.15, 0.2) is 5.58 Å². The summed E-state index contributed by atoms with van der Waals surface area (Å²) in [5, 5.41) is 4.51. The van der Waals surface area contributed by atoms with Crippen LogP contribution in [-0.2, 0) is 16.6 Å². The van der Waals surface area contributed by atoms with Gasteiger partial charge in [-0.3, -0.25) is 9.78 Å². The van der Waals surface area contributed by atoms with Crippen molar-refractivity contribution in [2.24, 2.45) is 5.92 Å². The van der Waals surface area contributed by atoms with E-state index in [-0.39, 0.29) is 16.4 Å². The van der Waals surface area contributed by atoms with Crippen molar-refractivity contribution in [2.45, 2.75) is 43.0 Å². The summed E-state index contributed by atoms with van der Waals surface area (Å²) in [6, 6.07) is 7.76. The summed E-state index contributed by atoms with van der Waals surface area (Å²) in [7, 11) is -3.67. The molecule has 0 unspecified atom stereocenters. The maximum Gasteiger partial charge on any atom is 0.417 e. The molecule has 0 atom stereocenters. The molecule has 1 aliphatic carbocycles. The Balaban J connectivity index is 1.28. The molecule has 0 bridgehead atoms. The molecular weight excluding hydrogens is 408 g/mol. The molecule has 0 spiro atoms. The van der Waals surface area contributed by atoms with Crippen molar-refractivity contribution < 1.29 is 12.8 Å². The van der Waals surface area contributed by atoms with Gasteiger partial charge in [0.1, 0.15) is 0 Å². The largest absolute Gasteiger partial charge is 0.417 e. The zero-order valence-corrected chi connectivity index (χ0v) is 17.1. The standard InChI is InChI=1S/C20H22N4O5S/c25-19-6-4-16(14-1-2-14)22-24(19)12-13-7-9-23(10-8-13)30(27,28)15-3-5-18-17(11-15)21-20(26)29-18/h3-6,11,13-14H,1-2,7-10,12H2,(H,21,26). The zero-order valence-electron chi connectivity index (χ0n) is 16.3. The van der Waals surface area contributed by atoms with E-state index < -0.39 is 15.8 Å². The monoisotopic (exact) mass is 430 g/mol. The second kappa shape index (κ2) is 7.21. The van der Waals surface area contributed by atoms with Crippen molar-refractivity contribution in [2.75, 3.05) is 13.1 Å². The van der Waals surface area contributed by atoms with Gasteiger partial charge in [-0.2, -0.15) is 9.40 Å². The molecule has 1 aromatic carbocycles. The lowest BCUT2D eigenvalue weighted by Gasteiger charge is -2.31. The topological polar surface area (TPSA) is 118 Å². The Morgan fingerprint density at radius 3 is 2.57 bits per heavy atom. The maximum absolute atomic E-state index is 13.0. The summed E-state index contributed by atoms with van der Waals surface area (Å²) in [5.74, 6) is 0.0603. The Morgan fingerprint density at radius 1 is 1.07 bits per heavy atom. The number of nitrogens with one attached hydrogen (secondary N) is 1. The van der Waals surface area contributed by atoms with Crippen LogP contribution in [0.25, 0.3) is 11.1 Å². The molecule has 0 radical (unpaired) electrons. The van der Waals surface area contributed by atoms with E-state index in [1.54, 1.807) is 6.07 Å². The van der Waals surface area contributed by atoms with Crippen LogP contribution < -0.4 is 11.3 Å². The summed E-state index contributed by atoms with van der Waals surface area (Å²) in [5.41, 5.74) is 1.54. The van der Waals surface area contributed by atoms with Crippen molar-refractivity contribution in [1.82, 2.24) is 19.1 Å². The molecule has 2 aromatic heterocycles. The summed E-state index contributed by atoms with van der Waals surface area (Å²) in [4.78, 5) is 26.1. The number of sulfonamides is 1. The molecule has 30 heavy (non-hydrogen) atoms. The highest BCUT2D eigenvalue weighted by Gasteiger charge is 2.31. The first-order valence-corrected chi connectivity index (χ1v) is 11.6. The Labute approximate surface area is 172 Å². The number of oxazole rings is 1. The molecule has 5 rings (SSSR count). The van der Waals surface area contributed by atoms with Crippen molar-refractivity contribution in [3.8, 4) is 0 Å². The van der Waals surface area contributed by atoms with Gasteiger partial charge in [0.25, 0.3) is 5.56 Å². The molecule has 1 saturated heterocycles. The number of nitrogens with zero attached hydrogens (tertiary/aromatic N) is 3. The lowest BCUT2D eigenvalue weighted by Crippen LogP contribution is -2.40. The number of benzene rings is 1. The molecule has 3 aromatic rings. The number of rotatable bonds is 5. The molecule has 158 valence electrons. The van der Waals surface area contributed by atoms with Gasteiger partial charge in [0.2, 0.25) is 10.0 Å². The first-order valence-electron chi connectivity index (χ1n) is 10.1. The van der Waals surface area contributed by atoms with Crippen LogP contribution in [0.4, 0.5) is 0 Å². The second-order valence-corrected chi connectivity index (χ2v) is 10.0. The van der Waals surface area contributed by atoms with Gasteiger partial charge in [-0.05, 0) is 55.9 Å². The third kappa shape index (κ3) is 3.61.